The van der Waals surface area contributed by atoms with Gasteiger partial charge in [0.05, 0.1) is 0 Å². The average Bonchev–Trinajstić information content (AvgIpc) is 1.86. The van der Waals surface area contributed by atoms with Gasteiger partial charge in [0.15, 0.2) is 0 Å². The predicted molar refractivity (Wildman–Crippen MR) is 26.7 cm³/mol. The molecule has 1 saturated heterocycles. The molecular formula is C4H8GeN. The summed E-state index contributed by atoms with van der Waals surface area (Å²) in [5.41, 5.74) is 7.19. The third-order valence-corrected chi connectivity index (χ3v) is 4.05. The molecule has 0 spiro atoms. The molecule has 33 valence electrons. The first kappa shape index (κ1) is 4.66. The molecule has 3 radical (unpaired) electrons. The van der Waals surface area contributed by atoms with Crippen molar-refractivity contribution in [1.29, 1.82) is 0 Å². The van der Waals surface area contributed by atoms with Gasteiger partial charge in [-0.15, -0.1) is 0 Å². The quantitative estimate of drug-likeness (QED) is 0.441. The average molecular weight is 143 g/mol. The van der Waals surface area contributed by atoms with Gasteiger partial charge in [-0.25, -0.2) is 0 Å². The van der Waals surface area contributed by atoms with Gasteiger partial charge in [-0.2, -0.15) is 0 Å². The molecule has 1 heterocycles. The SMILES string of the molecule is [NH][CH]1CC[CH2][Ge]1. The van der Waals surface area contributed by atoms with E-state index in [1.54, 1.807) is 0 Å². The van der Waals surface area contributed by atoms with Crippen molar-refractivity contribution in [1.82, 2.24) is 5.73 Å². The summed E-state index contributed by atoms with van der Waals surface area (Å²) in [6.45, 7) is 0. The summed E-state index contributed by atoms with van der Waals surface area (Å²) in [6.07, 6.45) is 2.56. The zero-order valence-corrected chi connectivity index (χ0v) is 5.80. The molecule has 1 aliphatic rings. The van der Waals surface area contributed by atoms with Crippen molar-refractivity contribution >= 4 is 15.4 Å². The molecule has 1 fully saturated rings. The fraction of sp³-hybridized carbons (Fsp3) is 1.00. The van der Waals surface area contributed by atoms with Crippen LogP contribution in [-0.4, -0.2) is 20.3 Å². The fourth-order valence-corrected chi connectivity index (χ4v) is 3.13. The van der Waals surface area contributed by atoms with Crippen LogP contribution in [0.4, 0.5) is 0 Å². The second-order valence-electron chi connectivity index (χ2n) is 1.65. The topological polar surface area (TPSA) is 23.8 Å². The van der Waals surface area contributed by atoms with Crippen LogP contribution in [-0.2, 0) is 0 Å². The fourth-order valence-electron chi connectivity index (χ4n) is 0.685. The van der Waals surface area contributed by atoms with Crippen molar-refractivity contribution in [3.63, 3.8) is 0 Å². The van der Waals surface area contributed by atoms with Gasteiger partial charge in [0.25, 0.3) is 0 Å². The Balaban J connectivity index is 2.18. The zero-order chi connectivity index (χ0) is 4.41. The molecule has 0 aliphatic carbocycles. The van der Waals surface area contributed by atoms with Crippen molar-refractivity contribution < 1.29 is 0 Å². The van der Waals surface area contributed by atoms with E-state index in [0.717, 1.165) is 0 Å². The molecule has 0 aromatic carbocycles. The third kappa shape index (κ3) is 0.981. The van der Waals surface area contributed by atoms with Gasteiger partial charge in [-0.05, 0) is 0 Å². The summed E-state index contributed by atoms with van der Waals surface area (Å²) in [5.74, 6) is 0. The number of nitrogens with one attached hydrogen (secondary N) is 1. The molecule has 1 N–H and O–H groups in total. The molecule has 1 aliphatic heterocycles. The van der Waals surface area contributed by atoms with E-state index in [1.165, 1.54) is 18.1 Å². The molecule has 1 unspecified atom stereocenters. The van der Waals surface area contributed by atoms with E-state index in [-0.39, 0.29) is 15.4 Å². The summed E-state index contributed by atoms with van der Waals surface area (Å²) in [7, 11) is 0. The van der Waals surface area contributed by atoms with E-state index in [1.807, 2.05) is 0 Å². The van der Waals surface area contributed by atoms with Gasteiger partial charge in [0, 0.05) is 0 Å². The molecule has 1 rings (SSSR count). The monoisotopic (exact) mass is 144 g/mol. The third-order valence-electron chi connectivity index (χ3n) is 1.06. The summed E-state index contributed by atoms with van der Waals surface area (Å²) in [6, 6.07) is 0. The van der Waals surface area contributed by atoms with Gasteiger partial charge in [0.2, 0.25) is 0 Å². The summed E-state index contributed by atoms with van der Waals surface area (Å²) < 4.78 is 0. The first-order chi connectivity index (χ1) is 2.89. The van der Waals surface area contributed by atoms with Crippen LogP contribution in [0.5, 0.6) is 0 Å². The summed E-state index contributed by atoms with van der Waals surface area (Å²) >= 11 is 0.236. The van der Waals surface area contributed by atoms with Gasteiger partial charge in [0.1, 0.15) is 0 Å². The van der Waals surface area contributed by atoms with Crippen LogP contribution in [0, 0.1) is 0 Å². The first-order valence-electron chi connectivity index (χ1n) is 2.34. The Morgan fingerprint density at radius 1 is 1.67 bits per heavy atom. The predicted octanol–water partition coefficient (Wildman–Crippen LogP) is 0.512. The van der Waals surface area contributed by atoms with Gasteiger partial charge in [-0.3, -0.25) is 0 Å². The first-order valence-corrected chi connectivity index (χ1v) is 5.03. The summed E-state index contributed by atoms with van der Waals surface area (Å²) in [5, 5.41) is 1.42. The molecule has 6 heavy (non-hydrogen) atoms. The Morgan fingerprint density at radius 2 is 2.50 bits per heavy atom. The number of rotatable bonds is 0. The maximum absolute atomic E-state index is 7.19. The Morgan fingerprint density at radius 3 is 2.67 bits per heavy atom. The van der Waals surface area contributed by atoms with Gasteiger partial charge < -0.3 is 0 Å². The Hall–Kier alpha value is 0.503. The van der Waals surface area contributed by atoms with E-state index in [0.29, 0.717) is 4.87 Å². The van der Waals surface area contributed by atoms with E-state index < -0.39 is 0 Å². The van der Waals surface area contributed by atoms with Crippen LogP contribution < -0.4 is 5.73 Å². The minimum absolute atomic E-state index is 0.236. The molecule has 0 bridgehead atoms. The van der Waals surface area contributed by atoms with E-state index in [9.17, 15) is 0 Å². The molecule has 1 atom stereocenters. The second-order valence-corrected chi connectivity index (χ2v) is 5.02. The standard InChI is InChI=1S/C4H8GeN/c6-4-2-1-3-5-4/h4,6H,1-3H2. The van der Waals surface area contributed by atoms with E-state index in [4.69, 9.17) is 5.73 Å². The van der Waals surface area contributed by atoms with E-state index in [2.05, 4.69) is 0 Å². The van der Waals surface area contributed by atoms with Crippen LogP contribution in [0.25, 0.3) is 0 Å². The molecule has 0 aromatic rings. The zero-order valence-electron chi connectivity index (χ0n) is 3.70. The summed E-state index contributed by atoms with van der Waals surface area (Å²) in [4.78, 5) is 0.421. The van der Waals surface area contributed by atoms with Crippen molar-refractivity contribution in [2.24, 2.45) is 0 Å². The van der Waals surface area contributed by atoms with Crippen molar-refractivity contribution in [2.75, 3.05) is 0 Å². The molecule has 0 saturated carbocycles. The van der Waals surface area contributed by atoms with Crippen LogP contribution >= 0.6 is 0 Å². The van der Waals surface area contributed by atoms with Crippen molar-refractivity contribution in [2.45, 2.75) is 23.0 Å². The van der Waals surface area contributed by atoms with Gasteiger partial charge in [-0.1, -0.05) is 0 Å². The minimum atomic E-state index is 0.236. The Labute approximate surface area is 44.8 Å². The normalized spacial score (nSPS) is 34.5. The molecule has 1 nitrogen and oxygen atoms in total. The molecule has 0 aromatic heterocycles. The Bertz CT molecular complexity index is 40.8. The van der Waals surface area contributed by atoms with E-state index >= 15 is 0 Å². The number of hydrogen-bond acceptors (Lipinski definition) is 0. The van der Waals surface area contributed by atoms with Crippen LogP contribution in [0.1, 0.15) is 12.8 Å². The van der Waals surface area contributed by atoms with Crippen molar-refractivity contribution in [3.8, 4) is 0 Å². The van der Waals surface area contributed by atoms with Crippen LogP contribution in [0.3, 0.4) is 0 Å². The molecule has 2 heteroatoms. The van der Waals surface area contributed by atoms with Crippen LogP contribution in [0.15, 0.2) is 0 Å². The Kier molecular flexibility index (Phi) is 1.54. The number of hydrogen-bond donors (Lipinski definition) is 0. The molecule has 0 amide bonds. The van der Waals surface area contributed by atoms with Crippen LogP contribution in [0.2, 0.25) is 5.25 Å². The van der Waals surface area contributed by atoms with Gasteiger partial charge >= 0.3 is 44.1 Å². The maximum atomic E-state index is 7.19. The van der Waals surface area contributed by atoms with Crippen molar-refractivity contribution in [3.05, 3.63) is 0 Å². The second kappa shape index (κ2) is 1.98. The molecular weight excluding hydrogens is 135 g/mol.